The van der Waals surface area contributed by atoms with E-state index in [1.807, 2.05) is 36.4 Å². The molecule has 2 heterocycles. The molecule has 4 rings (SSSR count). The molecule has 0 bridgehead atoms. The second-order valence-electron chi connectivity index (χ2n) is 8.14. The van der Waals surface area contributed by atoms with E-state index in [4.69, 9.17) is 9.72 Å². The predicted octanol–water partition coefficient (Wildman–Crippen LogP) is 4.91. The van der Waals surface area contributed by atoms with Crippen molar-refractivity contribution in [1.29, 1.82) is 0 Å². The van der Waals surface area contributed by atoms with Crippen molar-refractivity contribution in [3.63, 3.8) is 0 Å². The standard InChI is InChI=1S/C26H28N4O2/c1-19(2)20-10-12-22(13-11-20)32-16-15-30-24-9-5-4-8-23(24)28-25(30)18-29(3)26(31)21-7-6-14-27-17-21/h4-14,17,19H,15-16,18H2,1-3H3. The van der Waals surface area contributed by atoms with Gasteiger partial charge in [0, 0.05) is 19.4 Å². The Balaban J connectivity index is 1.49. The number of fused-ring (bicyclic) bond motifs is 1. The van der Waals surface area contributed by atoms with E-state index in [-0.39, 0.29) is 5.91 Å². The van der Waals surface area contributed by atoms with Crippen molar-refractivity contribution in [3.05, 3.63) is 90.0 Å². The van der Waals surface area contributed by atoms with Crippen LogP contribution in [0.3, 0.4) is 0 Å². The van der Waals surface area contributed by atoms with Crippen molar-refractivity contribution in [2.24, 2.45) is 0 Å². The first-order valence-corrected chi connectivity index (χ1v) is 10.9. The van der Waals surface area contributed by atoms with Crippen molar-refractivity contribution in [3.8, 4) is 5.75 Å². The van der Waals surface area contributed by atoms with Crippen LogP contribution in [0.2, 0.25) is 0 Å². The lowest BCUT2D eigenvalue weighted by Crippen LogP contribution is -2.28. The van der Waals surface area contributed by atoms with Gasteiger partial charge in [0.25, 0.3) is 5.91 Å². The van der Waals surface area contributed by atoms with Crippen LogP contribution < -0.4 is 4.74 Å². The van der Waals surface area contributed by atoms with E-state index in [0.29, 0.717) is 31.2 Å². The Morgan fingerprint density at radius 1 is 1.06 bits per heavy atom. The van der Waals surface area contributed by atoms with Crippen LogP contribution in [0.25, 0.3) is 11.0 Å². The maximum Gasteiger partial charge on any atom is 0.255 e. The van der Waals surface area contributed by atoms with Gasteiger partial charge >= 0.3 is 0 Å². The van der Waals surface area contributed by atoms with Gasteiger partial charge in [-0.25, -0.2) is 4.98 Å². The van der Waals surface area contributed by atoms with E-state index < -0.39 is 0 Å². The summed E-state index contributed by atoms with van der Waals surface area (Å²) in [6.07, 6.45) is 3.24. The number of rotatable bonds is 8. The third-order valence-corrected chi connectivity index (χ3v) is 5.50. The summed E-state index contributed by atoms with van der Waals surface area (Å²) in [5, 5.41) is 0. The molecule has 0 fully saturated rings. The van der Waals surface area contributed by atoms with Crippen LogP contribution in [0.5, 0.6) is 5.75 Å². The van der Waals surface area contributed by atoms with Gasteiger partial charge in [-0.15, -0.1) is 0 Å². The van der Waals surface area contributed by atoms with Gasteiger partial charge in [0.1, 0.15) is 18.2 Å². The number of aromatic nitrogens is 3. The van der Waals surface area contributed by atoms with Crippen LogP contribution in [-0.2, 0) is 13.1 Å². The van der Waals surface area contributed by atoms with Gasteiger partial charge in [-0.1, -0.05) is 38.1 Å². The quantitative estimate of drug-likeness (QED) is 0.400. The smallest absolute Gasteiger partial charge is 0.255 e. The average Bonchev–Trinajstić information content (AvgIpc) is 3.16. The number of pyridine rings is 1. The first kappa shape index (κ1) is 21.6. The molecule has 32 heavy (non-hydrogen) atoms. The molecule has 6 nitrogen and oxygen atoms in total. The highest BCUT2D eigenvalue weighted by Crippen LogP contribution is 2.20. The van der Waals surface area contributed by atoms with Gasteiger partial charge in [0.2, 0.25) is 0 Å². The Morgan fingerprint density at radius 2 is 1.84 bits per heavy atom. The van der Waals surface area contributed by atoms with E-state index in [0.717, 1.165) is 22.6 Å². The molecule has 2 aromatic heterocycles. The minimum atomic E-state index is -0.0850. The summed E-state index contributed by atoms with van der Waals surface area (Å²) in [7, 11) is 1.78. The van der Waals surface area contributed by atoms with Crippen LogP contribution in [0.1, 0.15) is 41.5 Å². The highest BCUT2D eigenvalue weighted by atomic mass is 16.5. The maximum absolute atomic E-state index is 12.8. The van der Waals surface area contributed by atoms with Gasteiger partial charge in [-0.3, -0.25) is 9.78 Å². The van der Waals surface area contributed by atoms with E-state index in [1.54, 1.807) is 36.5 Å². The van der Waals surface area contributed by atoms with Crippen molar-refractivity contribution >= 4 is 16.9 Å². The lowest BCUT2D eigenvalue weighted by molar-refractivity contribution is 0.0779. The van der Waals surface area contributed by atoms with Gasteiger partial charge < -0.3 is 14.2 Å². The third-order valence-electron chi connectivity index (χ3n) is 5.50. The summed E-state index contributed by atoms with van der Waals surface area (Å²) in [5.74, 6) is 2.09. The molecule has 0 aliphatic heterocycles. The fourth-order valence-electron chi connectivity index (χ4n) is 3.69. The van der Waals surface area contributed by atoms with E-state index in [2.05, 4.69) is 35.5 Å². The largest absolute Gasteiger partial charge is 0.492 e. The van der Waals surface area contributed by atoms with Crippen molar-refractivity contribution < 1.29 is 9.53 Å². The molecule has 0 aliphatic carbocycles. The first-order valence-electron chi connectivity index (χ1n) is 10.9. The second kappa shape index (κ2) is 9.64. The molecule has 0 N–H and O–H groups in total. The molecule has 1 amide bonds. The van der Waals surface area contributed by atoms with Crippen LogP contribution in [0, 0.1) is 0 Å². The first-order chi connectivity index (χ1) is 15.5. The lowest BCUT2D eigenvalue weighted by Gasteiger charge is -2.18. The van der Waals surface area contributed by atoms with Crippen LogP contribution in [0.4, 0.5) is 0 Å². The van der Waals surface area contributed by atoms with Gasteiger partial charge in [0.15, 0.2) is 0 Å². The van der Waals surface area contributed by atoms with E-state index in [9.17, 15) is 4.79 Å². The molecule has 6 heteroatoms. The molecular weight excluding hydrogens is 400 g/mol. The lowest BCUT2D eigenvalue weighted by atomic mass is 10.0. The Hall–Kier alpha value is -3.67. The van der Waals surface area contributed by atoms with Crippen LogP contribution in [0.15, 0.2) is 73.1 Å². The number of carbonyl (C=O) groups excluding carboxylic acids is 1. The third kappa shape index (κ3) is 4.80. The number of amides is 1. The summed E-state index contributed by atoms with van der Waals surface area (Å²) in [5.41, 5.74) is 3.79. The average molecular weight is 429 g/mol. The van der Waals surface area contributed by atoms with Gasteiger partial charge in [-0.2, -0.15) is 0 Å². The molecule has 164 valence electrons. The number of benzene rings is 2. The number of hydrogen-bond acceptors (Lipinski definition) is 4. The summed E-state index contributed by atoms with van der Waals surface area (Å²) < 4.78 is 8.13. The number of para-hydroxylation sites is 2. The molecule has 0 saturated carbocycles. The van der Waals surface area contributed by atoms with Crippen molar-refractivity contribution in [2.45, 2.75) is 32.9 Å². The summed E-state index contributed by atoms with van der Waals surface area (Å²) in [4.78, 5) is 23.3. The van der Waals surface area contributed by atoms with Crippen LogP contribution >= 0.6 is 0 Å². The zero-order valence-corrected chi connectivity index (χ0v) is 18.7. The van der Waals surface area contributed by atoms with E-state index in [1.165, 1.54) is 5.56 Å². The topological polar surface area (TPSA) is 60.2 Å². The van der Waals surface area contributed by atoms with Gasteiger partial charge in [-0.05, 0) is 47.9 Å². The molecule has 2 aromatic carbocycles. The molecule has 4 aromatic rings. The summed E-state index contributed by atoms with van der Waals surface area (Å²) in [6, 6.07) is 19.8. The molecule has 0 aliphatic rings. The highest BCUT2D eigenvalue weighted by Gasteiger charge is 2.17. The molecule has 0 spiro atoms. The molecule has 0 atom stereocenters. The Kier molecular flexibility index (Phi) is 6.50. The number of ether oxygens (including phenoxy) is 1. The Bertz CT molecular complexity index is 1180. The SMILES string of the molecule is CC(C)c1ccc(OCCn2c(CN(C)C(=O)c3cccnc3)nc3ccccc32)cc1. The Labute approximate surface area is 188 Å². The van der Waals surface area contributed by atoms with Crippen LogP contribution in [-0.4, -0.2) is 39.0 Å². The molecular formula is C26H28N4O2. The van der Waals surface area contributed by atoms with Crippen molar-refractivity contribution in [2.75, 3.05) is 13.7 Å². The fourth-order valence-corrected chi connectivity index (χ4v) is 3.69. The number of hydrogen-bond donors (Lipinski definition) is 0. The Morgan fingerprint density at radius 3 is 2.56 bits per heavy atom. The summed E-state index contributed by atoms with van der Waals surface area (Å²) >= 11 is 0. The fraction of sp³-hybridized carbons (Fsp3) is 0.269. The minimum absolute atomic E-state index is 0.0850. The molecule has 0 radical (unpaired) electrons. The van der Waals surface area contributed by atoms with Gasteiger partial charge in [0.05, 0.1) is 29.7 Å². The predicted molar refractivity (Wildman–Crippen MR) is 126 cm³/mol. The highest BCUT2D eigenvalue weighted by molar-refractivity contribution is 5.93. The number of imidazole rings is 1. The second-order valence-corrected chi connectivity index (χ2v) is 8.14. The number of carbonyl (C=O) groups is 1. The zero-order valence-electron chi connectivity index (χ0n) is 18.7. The minimum Gasteiger partial charge on any atom is -0.492 e. The number of nitrogens with zero attached hydrogens (tertiary/aromatic N) is 4. The molecule has 0 unspecified atom stereocenters. The normalized spacial score (nSPS) is 11.1. The van der Waals surface area contributed by atoms with Crippen molar-refractivity contribution in [1.82, 2.24) is 19.4 Å². The molecule has 0 saturated heterocycles. The maximum atomic E-state index is 12.8. The van der Waals surface area contributed by atoms with E-state index >= 15 is 0 Å². The zero-order chi connectivity index (χ0) is 22.5. The summed E-state index contributed by atoms with van der Waals surface area (Å²) in [6.45, 7) is 5.89. The monoisotopic (exact) mass is 428 g/mol.